The summed E-state index contributed by atoms with van der Waals surface area (Å²) in [6.45, 7) is 9.00. The highest BCUT2D eigenvalue weighted by Crippen LogP contribution is 2.40. The van der Waals surface area contributed by atoms with Gasteiger partial charge >= 0.3 is 0 Å². The predicted octanol–water partition coefficient (Wildman–Crippen LogP) is 2.58. The van der Waals surface area contributed by atoms with Gasteiger partial charge in [-0.3, -0.25) is 4.90 Å². The van der Waals surface area contributed by atoms with E-state index in [2.05, 4.69) is 39.1 Å². The SMILES string of the molecule is CCc1c(CN2CCNCC2)c(Br)cc2c1OCCCO2. The first kappa shape index (κ1) is 15.1. The minimum Gasteiger partial charge on any atom is -0.490 e. The average molecular weight is 355 g/mol. The van der Waals surface area contributed by atoms with Crippen molar-refractivity contribution in [3.05, 3.63) is 21.7 Å². The van der Waals surface area contributed by atoms with Crippen LogP contribution in [0.2, 0.25) is 0 Å². The van der Waals surface area contributed by atoms with Gasteiger partial charge in [0.2, 0.25) is 0 Å². The van der Waals surface area contributed by atoms with Crippen LogP contribution in [0.25, 0.3) is 0 Å². The van der Waals surface area contributed by atoms with Crippen LogP contribution in [0.1, 0.15) is 24.5 Å². The van der Waals surface area contributed by atoms with Crippen molar-refractivity contribution >= 4 is 15.9 Å². The van der Waals surface area contributed by atoms with Gasteiger partial charge in [-0.25, -0.2) is 0 Å². The Labute approximate surface area is 134 Å². The molecule has 0 unspecified atom stereocenters. The first-order valence-electron chi connectivity index (χ1n) is 7.82. The van der Waals surface area contributed by atoms with Gasteiger partial charge < -0.3 is 14.8 Å². The fourth-order valence-electron chi connectivity index (χ4n) is 3.02. The summed E-state index contributed by atoms with van der Waals surface area (Å²) in [5, 5.41) is 3.40. The number of benzene rings is 1. The van der Waals surface area contributed by atoms with E-state index in [4.69, 9.17) is 9.47 Å². The number of halogens is 1. The third-order valence-electron chi connectivity index (χ3n) is 4.15. The molecule has 2 aliphatic heterocycles. The Balaban J connectivity index is 1.92. The van der Waals surface area contributed by atoms with E-state index >= 15 is 0 Å². The van der Waals surface area contributed by atoms with E-state index in [0.29, 0.717) is 0 Å². The Morgan fingerprint density at radius 2 is 1.95 bits per heavy atom. The second-order valence-corrected chi connectivity index (χ2v) is 6.43. The quantitative estimate of drug-likeness (QED) is 0.904. The molecule has 2 aliphatic rings. The van der Waals surface area contributed by atoms with Crippen molar-refractivity contribution < 1.29 is 9.47 Å². The molecule has 0 aliphatic carbocycles. The van der Waals surface area contributed by atoms with Crippen LogP contribution in [-0.4, -0.2) is 44.3 Å². The summed E-state index contributed by atoms with van der Waals surface area (Å²) < 4.78 is 13.0. The molecule has 116 valence electrons. The van der Waals surface area contributed by atoms with Crippen molar-refractivity contribution in [1.82, 2.24) is 10.2 Å². The molecule has 1 aromatic carbocycles. The predicted molar refractivity (Wildman–Crippen MR) is 87.3 cm³/mol. The molecular formula is C16H23BrN2O2. The van der Waals surface area contributed by atoms with Crippen molar-refractivity contribution in [2.75, 3.05) is 39.4 Å². The van der Waals surface area contributed by atoms with Gasteiger partial charge in [-0.1, -0.05) is 22.9 Å². The largest absolute Gasteiger partial charge is 0.490 e. The molecule has 0 aromatic heterocycles. The van der Waals surface area contributed by atoms with Crippen molar-refractivity contribution in [2.45, 2.75) is 26.3 Å². The van der Waals surface area contributed by atoms with E-state index in [1.165, 1.54) is 11.1 Å². The molecule has 0 amide bonds. The number of fused-ring (bicyclic) bond motifs is 1. The summed E-state index contributed by atoms with van der Waals surface area (Å²) in [5.41, 5.74) is 2.64. The molecule has 21 heavy (non-hydrogen) atoms. The van der Waals surface area contributed by atoms with Gasteiger partial charge in [0, 0.05) is 49.2 Å². The lowest BCUT2D eigenvalue weighted by Gasteiger charge is -2.29. The van der Waals surface area contributed by atoms with E-state index in [1.807, 2.05) is 0 Å². The van der Waals surface area contributed by atoms with Crippen molar-refractivity contribution in [3.63, 3.8) is 0 Å². The molecule has 0 spiro atoms. The van der Waals surface area contributed by atoms with Gasteiger partial charge in [0.1, 0.15) is 0 Å². The second kappa shape index (κ2) is 6.99. The van der Waals surface area contributed by atoms with E-state index in [9.17, 15) is 0 Å². The molecular weight excluding hydrogens is 332 g/mol. The third kappa shape index (κ3) is 3.35. The number of piperazine rings is 1. The molecule has 1 saturated heterocycles. The summed E-state index contributed by atoms with van der Waals surface area (Å²) in [6, 6.07) is 2.08. The van der Waals surface area contributed by atoms with Crippen LogP contribution >= 0.6 is 15.9 Å². The zero-order valence-corrected chi connectivity index (χ0v) is 14.2. The summed E-state index contributed by atoms with van der Waals surface area (Å²) >= 11 is 3.74. The van der Waals surface area contributed by atoms with Crippen LogP contribution in [0.15, 0.2) is 10.5 Å². The van der Waals surface area contributed by atoms with Crippen LogP contribution in [-0.2, 0) is 13.0 Å². The Morgan fingerprint density at radius 3 is 2.71 bits per heavy atom. The first-order chi connectivity index (χ1) is 10.3. The Kier molecular flexibility index (Phi) is 5.03. The molecule has 3 rings (SSSR count). The van der Waals surface area contributed by atoms with E-state index in [0.717, 1.165) is 74.8 Å². The number of hydrogen-bond acceptors (Lipinski definition) is 4. The van der Waals surface area contributed by atoms with Crippen molar-refractivity contribution in [2.24, 2.45) is 0 Å². The van der Waals surface area contributed by atoms with Gasteiger partial charge in [0.25, 0.3) is 0 Å². The normalized spacial score (nSPS) is 19.3. The van der Waals surface area contributed by atoms with Crippen LogP contribution in [0, 0.1) is 0 Å². The van der Waals surface area contributed by atoms with Gasteiger partial charge in [-0.05, 0) is 18.1 Å². The number of rotatable bonds is 3. The number of nitrogens with one attached hydrogen (secondary N) is 1. The zero-order valence-electron chi connectivity index (χ0n) is 12.6. The van der Waals surface area contributed by atoms with Gasteiger partial charge in [0.15, 0.2) is 11.5 Å². The lowest BCUT2D eigenvalue weighted by atomic mass is 10.0. The second-order valence-electron chi connectivity index (χ2n) is 5.57. The number of ether oxygens (including phenoxy) is 2. The van der Waals surface area contributed by atoms with Crippen molar-refractivity contribution in [1.29, 1.82) is 0 Å². The molecule has 2 heterocycles. The minimum atomic E-state index is 0.736. The molecule has 1 aromatic rings. The average Bonchev–Trinajstić information content (AvgIpc) is 2.74. The highest BCUT2D eigenvalue weighted by Gasteiger charge is 2.22. The maximum atomic E-state index is 5.98. The van der Waals surface area contributed by atoms with Gasteiger partial charge in [-0.15, -0.1) is 0 Å². The van der Waals surface area contributed by atoms with E-state index in [1.54, 1.807) is 0 Å². The zero-order chi connectivity index (χ0) is 14.7. The fourth-order valence-corrected chi connectivity index (χ4v) is 3.59. The first-order valence-corrected chi connectivity index (χ1v) is 8.61. The third-order valence-corrected chi connectivity index (χ3v) is 4.85. The summed E-state index contributed by atoms with van der Waals surface area (Å²) in [4.78, 5) is 2.50. The molecule has 1 N–H and O–H groups in total. The van der Waals surface area contributed by atoms with E-state index < -0.39 is 0 Å². The number of hydrogen-bond donors (Lipinski definition) is 1. The summed E-state index contributed by atoms with van der Waals surface area (Å²) in [6.07, 6.45) is 1.91. The molecule has 5 heteroatoms. The highest BCUT2D eigenvalue weighted by molar-refractivity contribution is 9.10. The summed E-state index contributed by atoms with van der Waals surface area (Å²) in [5.74, 6) is 1.85. The van der Waals surface area contributed by atoms with Crippen LogP contribution < -0.4 is 14.8 Å². The highest BCUT2D eigenvalue weighted by atomic mass is 79.9. The molecule has 0 saturated carbocycles. The maximum Gasteiger partial charge on any atom is 0.164 e. The van der Waals surface area contributed by atoms with Crippen LogP contribution in [0.3, 0.4) is 0 Å². The Morgan fingerprint density at radius 1 is 1.19 bits per heavy atom. The molecule has 0 atom stereocenters. The van der Waals surface area contributed by atoms with Gasteiger partial charge in [0.05, 0.1) is 13.2 Å². The lowest BCUT2D eigenvalue weighted by molar-refractivity contribution is 0.231. The van der Waals surface area contributed by atoms with Crippen molar-refractivity contribution in [3.8, 4) is 11.5 Å². The standard InChI is InChI=1S/C16H23BrN2O2/c1-2-12-13(11-19-6-4-18-5-7-19)14(17)10-15-16(12)21-9-3-8-20-15/h10,18H,2-9,11H2,1H3. The van der Waals surface area contributed by atoms with Crippen LogP contribution in [0.4, 0.5) is 0 Å². The molecule has 4 nitrogen and oxygen atoms in total. The Bertz CT molecular complexity index is 502. The van der Waals surface area contributed by atoms with Gasteiger partial charge in [-0.2, -0.15) is 0 Å². The molecule has 0 radical (unpaired) electrons. The minimum absolute atomic E-state index is 0.736. The Hall–Kier alpha value is -0.780. The molecule has 0 bridgehead atoms. The summed E-state index contributed by atoms with van der Waals surface area (Å²) in [7, 11) is 0. The monoisotopic (exact) mass is 354 g/mol. The number of nitrogens with zero attached hydrogens (tertiary/aromatic N) is 1. The fraction of sp³-hybridized carbons (Fsp3) is 0.625. The lowest BCUT2D eigenvalue weighted by Crippen LogP contribution is -2.43. The van der Waals surface area contributed by atoms with E-state index in [-0.39, 0.29) is 0 Å². The maximum absolute atomic E-state index is 5.98. The van der Waals surface area contributed by atoms with Crippen LogP contribution in [0.5, 0.6) is 11.5 Å². The topological polar surface area (TPSA) is 33.7 Å². The smallest absolute Gasteiger partial charge is 0.164 e. The molecule has 1 fully saturated rings.